The second-order valence-electron chi connectivity index (χ2n) is 9.02. The Morgan fingerprint density at radius 3 is 2.13 bits per heavy atom. The average Bonchev–Trinajstić information content (AvgIpc) is 3.51. The summed E-state index contributed by atoms with van der Waals surface area (Å²) in [6, 6.07) is 12.7. The molecule has 1 aromatic heterocycles. The second-order valence-corrected chi connectivity index (χ2v) is 10.00. The number of rotatable bonds is 5. The van der Waals surface area contributed by atoms with E-state index in [9.17, 15) is 9.59 Å². The first kappa shape index (κ1) is 21.9. The monoisotopic (exact) mass is 439 g/mol. The molecule has 1 unspecified atom stereocenters. The zero-order valence-corrected chi connectivity index (χ0v) is 19.4. The van der Waals surface area contributed by atoms with Gasteiger partial charge in [0.05, 0.1) is 6.04 Å². The van der Waals surface area contributed by atoms with Crippen LogP contribution in [0.25, 0.3) is 0 Å². The highest BCUT2D eigenvalue weighted by Crippen LogP contribution is 2.29. The Hall–Kier alpha value is -2.34. The summed E-state index contributed by atoms with van der Waals surface area (Å²) in [5.74, 6) is 0.539. The predicted molar refractivity (Wildman–Crippen MR) is 125 cm³/mol. The maximum atomic E-state index is 13.2. The van der Waals surface area contributed by atoms with Gasteiger partial charge in [-0.25, -0.2) is 4.79 Å². The van der Waals surface area contributed by atoms with Crippen molar-refractivity contribution in [2.45, 2.75) is 51.5 Å². The van der Waals surface area contributed by atoms with E-state index in [1.807, 2.05) is 15.9 Å². The van der Waals surface area contributed by atoms with Crippen LogP contribution >= 0.6 is 11.3 Å². The summed E-state index contributed by atoms with van der Waals surface area (Å²) in [6.07, 6.45) is 3.67. The second kappa shape index (κ2) is 9.86. The Morgan fingerprint density at radius 2 is 1.55 bits per heavy atom. The van der Waals surface area contributed by atoms with Gasteiger partial charge in [-0.15, -0.1) is 11.3 Å². The third-order valence-corrected chi connectivity index (χ3v) is 7.50. The van der Waals surface area contributed by atoms with Crippen molar-refractivity contribution < 1.29 is 9.59 Å². The quantitative estimate of drug-likeness (QED) is 0.712. The summed E-state index contributed by atoms with van der Waals surface area (Å²) in [5.41, 5.74) is 2.41. The molecule has 0 bridgehead atoms. The van der Waals surface area contributed by atoms with Gasteiger partial charge in [0, 0.05) is 37.0 Å². The number of thiophene rings is 1. The fourth-order valence-electron chi connectivity index (χ4n) is 4.55. The number of hydrogen-bond donors (Lipinski definition) is 1. The molecule has 2 aliphatic heterocycles. The number of benzene rings is 1. The Morgan fingerprint density at radius 1 is 0.935 bits per heavy atom. The molecule has 166 valence electrons. The van der Waals surface area contributed by atoms with Gasteiger partial charge in [0.1, 0.15) is 0 Å². The van der Waals surface area contributed by atoms with Crippen LogP contribution in [0.5, 0.6) is 0 Å². The molecule has 0 spiro atoms. The van der Waals surface area contributed by atoms with E-state index in [1.54, 1.807) is 11.3 Å². The summed E-state index contributed by atoms with van der Waals surface area (Å²) in [6.45, 7) is 7.46. The maximum Gasteiger partial charge on any atom is 0.319 e. The highest BCUT2D eigenvalue weighted by molar-refractivity contribution is 7.10. The molecule has 2 saturated heterocycles. The molecule has 0 radical (unpaired) electrons. The lowest BCUT2D eigenvalue weighted by Crippen LogP contribution is -2.48. The van der Waals surface area contributed by atoms with Gasteiger partial charge in [-0.1, -0.05) is 44.2 Å². The minimum Gasteiger partial charge on any atom is -0.344 e. The zero-order chi connectivity index (χ0) is 21.8. The van der Waals surface area contributed by atoms with Crippen LogP contribution in [0.1, 0.15) is 67.5 Å². The molecule has 31 heavy (non-hydrogen) atoms. The number of carbonyl (C=O) groups excluding carboxylic acids is 2. The Bertz CT molecular complexity index is 865. The van der Waals surface area contributed by atoms with Gasteiger partial charge in [0.15, 0.2) is 0 Å². The van der Waals surface area contributed by atoms with E-state index in [0.29, 0.717) is 19.0 Å². The lowest BCUT2D eigenvalue weighted by atomic mass is 9.94. The Kier molecular flexibility index (Phi) is 6.96. The number of nitrogens with one attached hydrogen (secondary N) is 1. The lowest BCUT2D eigenvalue weighted by molar-refractivity contribution is -0.126. The van der Waals surface area contributed by atoms with Crippen molar-refractivity contribution in [3.63, 3.8) is 0 Å². The van der Waals surface area contributed by atoms with Crippen LogP contribution in [0.4, 0.5) is 4.79 Å². The van der Waals surface area contributed by atoms with E-state index in [1.165, 1.54) is 5.56 Å². The zero-order valence-electron chi connectivity index (χ0n) is 18.5. The fourth-order valence-corrected chi connectivity index (χ4v) is 5.35. The summed E-state index contributed by atoms with van der Waals surface area (Å²) < 4.78 is 0. The van der Waals surface area contributed by atoms with Gasteiger partial charge in [0.2, 0.25) is 5.91 Å². The highest BCUT2D eigenvalue weighted by atomic mass is 32.1. The fraction of sp³-hybridized carbons (Fsp3) is 0.520. The average molecular weight is 440 g/mol. The molecule has 3 heterocycles. The third kappa shape index (κ3) is 5.12. The minimum absolute atomic E-state index is 0.0416. The van der Waals surface area contributed by atoms with Crippen LogP contribution in [0.3, 0.4) is 0 Å². The smallest absolute Gasteiger partial charge is 0.319 e. The van der Waals surface area contributed by atoms with Crippen molar-refractivity contribution in [2.75, 3.05) is 26.2 Å². The lowest BCUT2D eigenvalue weighted by Gasteiger charge is -2.34. The van der Waals surface area contributed by atoms with Crippen LogP contribution in [-0.2, 0) is 4.79 Å². The van der Waals surface area contributed by atoms with Gasteiger partial charge in [-0.2, -0.15) is 0 Å². The van der Waals surface area contributed by atoms with Gasteiger partial charge in [-0.3, -0.25) is 4.79 Å². The molecule has 2 aliphatic rings. The Balaban J connectivity index is 1.39. The van der Waals surface area contributed by atoms with Crippen molar-refractivity contribution in [1.29, 1.82) is 0 Å². The molecule has 1 atom stereocenters. The van der Waals surface area contributed by atoms with Crippen LogP contribution < -0.4 is 5.32 Å². The van der Waals surface area contributed by atoms with Crippen molar-refractivity contribution >= 4 is 23.3 Å². The van der Waals surface area contributed by atoms with E-state index in [4.69, 9.17) is 0 Å². The number of nitrogens with zero attached hydrogens (tertiary/aromatic N) is 2. The first-order valence-corrected chi connectivity index (χ1v) is 12.4. The van der Waals surface area contributed by atoms with Crippen LogP contribution in [0.2, 0.25) is 0 Å². The number of hydrogen-bond acceptors (Lipinski definition) is 3. The predicted octanol–water partition coefficient (Wildman–Crippen LogP) is 5.00. The molecule has 0 aliphatic carbocycles. The summed E-state index contributed by atoms with van der Waals surface area (Å²) in [7, 11) is 0. The molecule has 1 aromatic carbocycles. The van der Waals surface area contributed by atoms with Crippen LogP contribution in [-0.4, -0.2) is 47.9 Å². The molecule has 6 heteroatoms. The topological polar surface area (TPSA) is 52.7 Å². The van der Waals surface area contributed by atoms with E-state index in [-0.39, 0.29) is 23.9 Å². The number of carbonyl (C=O) groups is 2. The van der Waals surface area contributed by atoms with Crippen molar-refractivity contribution in [3.8, 4) is 0 Å². The summed E-state index contributed by atoms with van der Waals surface area (Å²) >= 11 is 1.67. The number of urea groups is 1. The van der Waals surface area contributed by atoms with Crippen LogP contribution in [0.15, 0.2) is 41.8 Å². The largest absolute Gasteiger partial charge is 0.344 e. The first-order valence-electron chi connectivity index (χ1n) is 11.5. The SMILES string of the molecule is CC(C)c1ccc(C(NC(=O)C2CCN(C(=O)N3CCCC3)CC2)c2cccs2)cc1. The maximum absolute atomic E-state index is 13.2. The molecule has 4 rings (SSSR count). The molecule has 0 saturated carbocycles. The van der Waals surface area contributed by atoms with E-state index in [2.05, 4.69) is 54.9 Å². The highest BCUT2D eigenvalue weighted by Gasteiger charge is 2.31. The van der Waals surface area contributed by atoms with Gasteiger partial charge in [-0.05, 0) is 54.2 Å². The first-order chi connectivity index (χ1) is 15.0. The molecule has 5 nitrogen and oxygen atoms in total. The molecule has 2 fully saturated rings. The van der Waals surface area contributed by atoms with Crippen molar-refractivity contribution in [3.05, 3.63) is 57.8 Å². The van der Waals surface area contributed by atoms with Gasteiger partial charge in [0.25, 0.3) is 0 Å². The minimum atomic E-state index is -0.127. The summed E-state index contributed by atoms with van der Waals surface area (Å²) in [5, 5.41) is 5.37. The van der Waals surface area contributed by atoms with Crippen molar-refractivity contribution in [1.82, 2.24) is 15.1 Å². The molecular formula is C25H33N3O2S. The number of likely N-dealkylation sites (tertiary alicyclic amines) is 2. The van der Waals surface area contributed by atoms with E-state index < -0.39 is 0 Å². The van der Waals surface area contributed by atoms with E-state index in [0.717, 1.165) is 49.2 Å². The summed E-state index contributed by atoms with van der Waals surface area (Å²) in [4.78, 5) is 30.8. The Labute approximate surface area is 189 Å². The van der Waals surface area contributed by atoms with Gasteiger partial charge >= 0.3 is 6.03 Å². The van der Waals surface area contributed by atoms with Gasteiger partial charge < -0.3 is 15.1 Å². The molecular weight excluding hydrogens is 406 g/mol. The van der Waals surface area contributed by atoms with Crippen LogP contribution in [0, 0.1) is 5.92 Å². The van der Waals surface area contributed by atoms with Crippen molar-refractivity contribution in [2.24, 2.45) is 5.92 Å². The normalized spacial score (nSPS) is 18.4. The number of piperidine rings is 1. The standard InChI is InChI=1S/C25H33N3O2S/c1-18(2)19-7-9-20(10-8-19)23(22-6-5-17-31-22)26-24(29)21-11-15-28(16-12-21)25(30)27-13-3-4-14-27/h5-10,17-18,21,23H,3-4,11-16H2,1-2H3,(H,26,29). The third-order valence-electron chi connectivity index (χ3n) is 6.56. The number of amides is 3. The molecule has 2 aromatic rings. The molecule has 3 amide bonds. The molecule has 1 N–H and O–H groups in total. The van der Waals surface area contributed by atoms with E-state index >= 15 is 0 Å².